The van der Waals surface area contributed by atoms with Crippen LogP contribution in [0.25, 0.3) is 0 Å². The molecule has 21 heavy (non-hydrogen) atoms. The Labute approximate surface area is 124 Å². The Morgan fingerprint density at radius 1 is 1.14 bits per heavy atom. The molecule has 0 aromatic heterocycles. The predicted octanol–water partition coefficient (Wildman–Crippen LogP) is 0.550. The highest BCUT2D eigenvalue weighted by Gasteiger charge is 2.33. The van der Waals surface area contributed by atoms with Gasteiger partial charge in [0, 0.05) is 19.6 Å². The maximum atomic E-state index is 12.0. The molecule has 3 unspecified atom stereocenters. The van der Waals surface area contributed by atoms with Crippen LogP contribution in [0.4, 0.5) is 4.79 Å². The second kappa shape index (κ2) is 6.78. The Morgan fingerprint density at radius 2 is 1.86 bits per heavy atom. The number of urea groups is 1. The molecule has 2 fully saturated rings. The van der Waals surface area contributed by atoms with E-state index in [2.05, 4.69) is 10.6 Å². The number of nitrogens with zero attached hydrogens (tertiary/aromatic N) is 1. The summed E-state index contributed by atoms with van der Waals surface area (Å²) in [6.07, 6.45) is 4.64. The fourth-order valence-electron chi connectivity index (χ4n) is 3.10. The largest absolute Gasteiger partial charge is 0.481 e. The fourth-order valence-corrected chi connectivity index (χ4v) is 3.10. The number of carboxylic acids is 1. The van der Waals surface area contributed by atoms with E-state index in [1.807, 2.05) is 0 Å². The molecule has 1 heterocycles. The number of hydrogen-bond donors (Lipinski definition) is 3. The van der Waals surface area contributed by atoms with Gasteiger partial charge in [-0.25, -0.2) is 4.79 Å². The average molecular weight is 297 g/mol. The van der Waals surface area contributed by atoms with Crippen molar-refractivity contribution in [1.82, 2.24) is 15.5 Å². The molecule has 0 radical (unpaired) electrons. The van der Waals surface area contributed by atoms with Crippen molar-refractivity contribution >= 4 is 17.9 Å². The minimum Gasteiger partial charge on any atom is -0.481 e. The van der Waals surface area contributed by atoms with Gasteiger partial charge in [0.25, 0.3) is 0 Å². The van der Waals surface area contributed by atoms with E-state index < -0.39 is 24.0 Å². The van der Waals surface area contributed by atoms with Crippen LogP contribution in [0.1, 0.15) is 38.5 Å². The number of carbonyl (C=O) groups is 3. The summed E-state index contributed by atoms with van der Waals surface area (Å²) in [5.41, 5.74) is 0. The summed E-state index contributed by atoms with van der Waals surface area (Å²) in [5.74, 6) is -1.50. The SMILES string of the molecule is CN1CCC(NC(=O)NC2CCCCCC2C(=O)O)C1=O. The predicted molar refractivity (Wildman–Crippen MR) is 75.7 cm³/mol. The summed E-state index contributed by atoms with van der Waals surface area (Å²) in [4.78, 5) is 36.6. The minimum absolute atomic E-state index is 0.0965. The Kier molecular flexibility index (Phi) is 5.03. The number of likely N-dealkylation sites (N-methyl/N-ethyl adjacent to an activating group) is 1. The molecule has 1 aliphatic carbocycles. The fraction of sp³-hybridized carbons (Fsp3) is 0.786. The second-order valence-electron chi connectivity index (χ2n) is 5.91. The van der Waals surface area contributed by atoms with Crippen LogP contribution in [-0.4, -0.2) is 53.6 Å². The van der Waals surface area contributed by atoms with Gasteiger partial charge in [-0.1, -0.05) is 19.3 Å². The van der Waals surface area contributed by atoms with Gasteiger partial charge >= 0.3 is 12.0 Å². The lowest BCUT2D eigenvalue weighted by molar-refractivity contribution is -0.142. The first kappa shape index (κ1) is 15.6. The molecule has 1 saturated carbocycles. The van der Waals surface area contributed by atoms with Gasteiger partial charge in [-0.15, -0.1) is 0 Å². The highest BCUT2D eigenvalue weighted by Crippen LogP contribution is 2.23. The van der Waals surface area contributed by atoms with Crippen LogP contribution >= 0.6 is 0 Å². The Bertz CT molecular complexity index is 426. The van der Waals surface area contributed by atoms with Crippen molar-refractivity contribution in [2.24, 2.45) is 5.92 Å². The number of rotatable bonds is 3. The molecule has 2 rings (SSSR count). The molecule has 2 aliphatic rings. The zero-order valence-electron chi connectivity index (χ0n) is 12.3. The van der Waals surface area contributed by atoms with Gasteiger partial charge < -0.3 is 20.6 Å². The van der Waals surface area contributed by atoms with Gasteiger partial charge in [0.05, 0.1) is 5.92 Å². The van der Waals surface area contributed by atoms with Crippen LogP contribution in [0.2, 0.25) is 0 Å². The van der Waals surface area contributed by atoms with E-state index in [-0.39, 0.29) is 11.9 Å². The Morgan fingerprint density at radius 3 is 2.48 bits per heavy atom. The molecule has 118 valence electrons. The van der Waals surface area contributed by atoms with Crippen molar-refractivity contribution in [3.05, 3.63) is 0 Å². The summed E-state index contributed by atoms with van der Waals surface area (Å²) < 4.78 is 0. The highest BCUT2D eigenvalue weighted by molar-refractivity contribution is 5.88. The lowest BCUT2D eigenvalue weighted by atomic mass is 9.95. The molecule has 3 N–H and O–H groups in total. The third kappa shape index (κ3) is 3.86. The van der Waals surface area contributed by atoms with E-state index in [1.165, 1.54) is 0 Å². The molecule has 7 heteroatoms. The number of aliphatic carboxylic acids is 1. The molecule has 3 amide bonds. The number of amides is 3. The third-order valence-electron chi connectivity index (χ3n) is 4.38. The van der Waals surface area contributed by atoms with Gasteiger partial charge in [0.2, 0.25) is 5.91 Å². The quantitative estimate of drug-likeness (QED) is 0.662. The number of likely N-dealkylation sites (tertiary alicyclic amines) is 1. The molecular weight excluding hydrogens is 274 g/mol. The third-order valence-corrected chi connectivity index (χ3v) is 4.38. The van der Waals surface area contributed by atoms with Crippen molar-refractivity contribution in [2.45, 2.75) is 50.6 Å². The topological polar surface area (TPSA) is 98.7 Å². The summed E-state index contributed by atoms with van der Waals surface area (Å²) in [7, 11) is 1.70. The highest BCUT2D eigenvalue weighted by atomic mass is 16.4. The maximum absolute atomic E-state index is 12.0. The summed E-state index contributed by atoms with van der Waals surface area (Å²) >= 11 is 0. The van der Waals surface area contributed by atoms with Gasteiger partial charge in [0.1, 0.15) is 6.04 Å². The normalized spacial score (nSPS) is 29.9. The molecule has 1 aliphatic heterocycles. The van der Waals surface area contributed by atoms with Gasteiger partial charge in [-0.05, 0) is 19.3 Å². The average Bonchev–Trinajstić information content (AvgIpc) is 2.66. The van der Waals surface area contributed by atoms with Crippen LogP contribution < -0.4 is 10.6 Å². The van der Waals surface area contributed by atoms with E-state index in [0.717, 1.165) is 19.3 Å². The maximum Gasteiger partial charge on any atom is 0.315 e. The van der Waals surface area contributed by atoms with Crippen LogP contribution in [0.5, 0.6) is 0 Å². The monoisotopic (exact) mass is 297 g/mol. The van der Waals surface area contributed by atoms with Crippen molar-refractivity contribution < 1.29 is 19.5 Å². The number of nitrogens with one attached hydrogen (secondary N) is 2. The summed E-state index contributed by atoms with van der Waals surface area (Å²) in [6, 6.07) is -1.30. The zero-order chi connectivity index (χ0) is 15.4. The van der Waals surface area contributed by atoms with Gasteiger partial charge in [-0.2, -0.15) is 0 Å². The van der Waals surface area contributed by atoms with E-state index >= 15 is 0 Å². The van der Waals surface area contributed by atoms with E-state index in [1.54, 1.807) is 11.9 Å². The molecule has 0 bridgehead atoms. The van der Waals surface area contributed by atoms with E-state index in [4.69, 9.17) is 0 Å². The first-order valence-electron chi connectivity index (χ1n) is 7.54. The van der Waals surface area contributed by atoms with Crippen LogP contribution in [0, 0.1) is 5.92 Å². The lowest BCUT2D eigenvalue weighted by Crippen LogP contribution is -2.51. The van der Waals surface area contributed by atoms with Gasteiger partial charge in [-0.3, -0.25) is 9.59 Å². The molecular formula is C14H23N3O4. The van der Waals surface area contributed by atoms with Crippen molar-refractivity contribution in [1.29, 1.82) is 0 Å². The molecule has 1 saturated heterocycles. The molecule has 3 atom stereocenters. The van der Waals surface area contributed by atoms with Crippen LogP contribution in [-0.2, 0) is 9.59 Å². The number of hydrogen-bond acceptors (Lipinski definition) is 3. The molecule has 0 aromatic carbocycles. The van der Waals surface area contributed by atoms with Crippen LogP contribution in [0.15, 0.2) is 0 Å². The van der Waals surface area contributed by atoms with Crippen molar-refractivity contribution in [2.75, 3.05) is 13.6 Å². The summed E-state index contributed by atoms with van der Waals surface area (Å²) in [5, 5.41) is 14.7. The lowest BCUT2D eigenvalue weighted by Gasteiger charge is -2.23. The van der Waals surface area contributed by atoms with E-state index in [0.29, 0.717) is 25.8 Å². The van der Waals surface area contributed by atoms with Crippen molar-refractivity contribution in [3.63, 3.8) is 0 Å². The smallest absolute Gasteiger partial charge is 0.315 e. The molecule has 0 spiro atoms. The Balaban J connectivity index is 1.90. The van der Waals surface area contributed by atoms with Gasteiger partial charge in [0.15, 0.2) is 0 Å². The minimum atomic E-state index is -0.862. The molecule has 7 nitrogen and oxygen atoms in total. The first-order chi connectivity index (χ1) is 9.99. The van der Waals surface area contributed by atoms with E-state index in [9.17, 15) is 19.5 Å². The number of carbonyl (C=O) groups excluding carboxylic acids is 2. The number of carboxylic acid groups (broad SMARTS) is 1. The van der Waals surface area contributed by atoms with Crippen LogP contribution in [0.3, 0.4) is 0 Å². The molecule has 0 aromatic rings. The van der Waals surface area contributed by atoms with Crippen molar-refractivity contribution in [3.8, 4) is 0 Å². The zero-order valence-corrected chi connectivity index (χ0v) is 12.3. The standard InChI is InChI=1S/C14H23N3O4/c1-17-8-7-11(12(17)18)16-14(21)15-10-6-4-2-3-5-9(10)13(19)20/h9-11H,2-8H2,1H3,(H,19,20)(H2,15,16,21). The second-order valence-corrected chi connectivity index (χ2v) is 5.91. The first-order valence-corrected chi connectivity index (χ1v) is 7.54. The summed E-state index contributed by atoms with van der Waals surface area (Å²) in [6.45, 7) is 0.630. The Hall–Kier alpha value is -1.79.